The van der Waals surface area contributed by atoms with Gasteiger partial charge in [-0.15, -0.1) is 0 Å². The second-order valence-electron chi connectivity index (χ2n) is 7.54. The molecule has 1 amide bonds. The van der Waals surface area contributed by atoms with Crippen LogP contribution in [0.3, 0.4) is 0 Å². The van der Waals surface area contributed by atoms with Gasteiger partial charge in [0.2, 0.25) is 5.91 Å². The van der Waals surface area contributed by atoms with Gasteiger partial charge in [0.15, 0.2) is 0 Å². The van der Waals surface area contributed by atoms with Gasteiger partial charge in [0, 0.05) is 53.6 Å². The molecule has 5 nitrogen and oxygen atoms in total. The quantitative estimate of drug-likeness (QED) is 0.489. The van der Waals surface area contributed by atoms with Crippen molar-refractivity contribution in [2.24, 2.45) is 0 Å². The highest BCUT2D eigenvalue weighted by molar-refractivity contribution is 5.95. The Labute approximate surface area is 179 Å². The number of aromatic amines is 1. The van der Waals surface area contributed by atoms with E-state index >= 15 is 0 Å². The first-order valence-electron chi connectivity index (χ1n) is 10.2. The zero-order chi connectivity index (χ0) is 21.2. The van der Waals surface area contributed by atoms with Crippen LogP contribution < -0.4 is 0 Å². The molecule has 4 aromatic rings. The van der Waals surface area contributed by atoms with E-state index in [0.717, 1.165) is 34.1 Å². The van der Waals surface area contributed by atoms with Crippen molar-refractivity contribution in [2.75, 3.05) is 13.1 Å². The van der Waals surface area contributed by atoms with Crippen molar-refractivity contribution in [1.29, 1.82) is 0 Å². The number of carbonyl (C=O) groups is 1. The maximum Gasteiger partial charge on any atom is 0.246 e. The number of amides is 1. The normalized spacial score (nSPS) is 14.4. The zero-order valence-corrected chi connectivity index (χ0v) is 16.8. The summed E-state index contributed by atoms with van der Waals surface area (Å²) < 4.78 is 15.2. The van der Waals surface area contributed by atoms with E-state index in [9.17, 15) is 9.18 Å². The molecule has 1 N–H and O–H groups in total. The molecule has 154 valence electrons. The number of aromatic nitrogens is 3. The smallest absolute Gasteiger partial charge is 0.246 e. The predicted octanol–water partition coefficient (Wildman–Crippen LogP) is 4.82. The van der Waals surface area contributed by atoms with Gasteiger partial charge in [0.05, 0.1) is 11.9 Å². The van der Waals surface area contributed by atoms with Crippen molar-refractivity contribution in [3.05, 3.63) is 96.2 Å². The van der Waals surface area contributed by atoms with Crippen molar-refractivity contribution < 1.29 is 9.18 Å². The standard InChI is InChI=1S/C25H21FN4O/c26-20-7-8-22-23(16-27-24(22)14-20)19-10-12-29(13-11-19)25(31)9-6-18-15-28-30(17-18)21-4-2-1-3-5-21/h1-10,14-17,27H,11-13H2/b9-6+. The molecule has 2 aromatic heterocycles. The number of fused-ring (bicyclic) bond motifs is 1. The number of hydrogen-bond donors (Lipinski definition) is 1. The van der Waals surface area contributed by atoms with Crippen LogP contribution in [0.15, 0.2) is 79.3 Å². The van der Waals surface area contributed by atoms with Gasteiger partial charge in [0.1, 0.15) is 5.82 Å². The molecule has 5 rings (SSSR count). The third-order valence-electron chi connectivity index (χ3n) is 5.55. The van der Waals surface area contributed by atoms with Crippen LogP contribution in [0.25, 0.3) is 28.2 Å². The highest BCUT2D eigenvalue weighted by Gasteiger charge is 2.18. The van der Waals surface area contributed by atoms with Gasteiger partial charge >= 0.3 is 0 Å². The summed E-state index contributed by atoms with van der Waals surface area (Å²) >= 11 is 0. The van der Waals surface area contributed by atoms with Crippen LogP contribution in [0.2, 0.25) is 0 Å². The lowest BCUT2D eigenvalue weighted by Crippen LogP contribution is -2.33. The van der Waals surface area contributed by atoms with Gasteiger partial charge in [-0.05, 0) is 48.4 Å². The van der Waals surface area contributed by atoms with Crippen molar-refractivity contribution in [1.82, 2.24) is 19.7 Å². The second-order valence-corrected chi connectivity index (χ2v) is 7.54. The van der Waals surface area contributed by atoms with Crippen LogP contribution in [0.1, 0.15) is 17.5 Å². The summed E-state index contributed by atoms with van der Waals surface area (Å²) in [7, 11) is 0. The van der Waals surface area contributed by atoms with E-state index in [1.807, 2.05) is 47.6 Å². The molecular weight excluding hydrogens is 391 g/mol. The lowest BCUT2D eigenvalue weighted by atomic mass is 9.99. The van der Waals surface area contributed by atoms with E-state index < -0.39 is 0 Å². The van der Waals surface area contributed by atoms with E-state index in [2.05, 4.69) is 16.2 Å². The number of H-pyrrole nitrogens is 1. The summed E-state index contributed by atoms with van der Waals surface area (Å²) in [4.78, 5) is 17.6. The van der Waals surface area contributed by atoms with E-state index in [1.54, 1.807) is 29.1 Å². The predicted molar refractivity (Wildman–Crippen MR) is 120 cm³/mol. The largest absolute Gasteiger partial charge is 0.360 e. The molecule has 0 saturated heterocycles. The number of para-hydroxylation sites is 1. The minimum atomic E-state index is -0.253. The van der Waals surface area contributed by atoms with E-state index in [-0.39, 0.29) is 11.7 Å². The first kappa shape index (κ1) is 19.1. The minimum Gasteiger partial charge on any atom is -0.360 e. The highest BCUT2D eigenvalue weighted by atomic mass is 19.1. The number of rotatable bonds is 4. The van der Waals surface area contributed by atoms with Crippen LogP contribution >= 0.6 is 0 Å². The van der Waals surface area contributed by atoms with Crippen molar-refractivity contribution in [3.8, 4) is 5.69 Å². The fraction of sp³-hybridized carbons (Fsp3) is 0.120. The Balaban J connectivity index is 1.25. The monoisotopic (exact) mass is 412 g/mol. The molecule has 31 heavy (non-hydrogen) atoms. The molecular formula is C25H21FN4O. The van der Waals surface area contributed by atoms with Crippen LogP contribution in [-0.2, 0) is 4.79 Å². The zero-order valence-electron chi connectivity index (χ0n) is 16.8. The third-order valence-corrected chi connectivity index (χ3v) is 5.55. The molecule has 0 aliphatic carbocycles. The number of carbonyl (C=O) groups excluding carboxylic acids is 1. The van der Waals surface area contributed by atoms with Gasteiger partial charge in [-0.25, -0.2) is 9.07 Å². The number of benzene rings is 2. The Morgan fingerprint density at radius 1 is 1.16 bits per heavy atom. The van der Waals surface area contributed by atoms with Gasteiger partial charge in [0.25, 0.3) is 0 Å². The van der Waals surface area contributed by atoms with Crippen LogP contribution in [-0.4, -0.2) is 38.7 Å². The van der Waals surface area contributed by atoms with Gasteiger partial charge in [-0.2, -0.15) is 5.10 Å². The lowest BCUT2D eigenvalue weighted by Gasteiger charge is -2.25. The Kier molecular flexibility index (Phi) is 4.96. The number of nitrogens with zero attached hydrogens (tertiary/aromatic N) is 3. The Morgan fingerprint density at radius 3 is 2.84 bits per heavy atom. The van der Waals surface area contributed by atoms with Gasteiger partial charge in [-0.1, -0.05) is 24.3 Å². The molecule has 0 saturated carbocycles. The van der Waals surface area contributed by atoms with Gasteiger partial charge < -0.3 is 9.88 Å². The molecule has 0 atom stereocenters. The molecule has 1 aliphatic heterocycles. The van der Waals surface area contributed by atoms with Gasteiger partial charge in [-0.3, -0.25) is 4.79 Å². The highest BCUT2D eigenvalue weighted by Crippen LogP contribution is 2.29. The van der Waals surface area contributed by atoms with E-state index in [1.165, 1.54) is 17.7 Å². The Bertz CT molecular complexity index is 1300. The number of halogens is 1. The summed E-state index contributed by atoms with van der Waals surface area (Å²) in [6, 6.07) is 14.6. The SMILES string of the molecule is O=C(/C=C/c1cnn(-c2ccccc2)c1)N1CC=C(c2c[nH]c3cc(F)ccc23)CC1. The molecule has 3 heterocycles. The summed E-state index contributed by atoms with van der Waals surface area (Å²) in [5.74, 6) is -0.278. The number of nitrogens with one attached hydrogen (secondary N) is 1. The van der Waals surface area contributed by atoms with Crippen molar-refractivity contribution in [3.63, 3.8) is 0 Å². The van der Waals surface area contributed by atoms with Crippen LogP contribution in [0.5, 0.6) is 0 Å². The molecule has 1 aliphatic rings. The maximum absolute atomic E-state index is 13.4. The summed E-state index contributed by atoms with van der Waals surface area (Å²) in [5.41, 5.74) is 4.88. The van der Waals surface area contributed by atoms with E-state index in [4.69, 9.17) is 0 Å². The first-order valence-corrected chi connectivity index (χ1v) is 10.2. The molecule has 0 fully saturated rings. The molecule has 0 bridgehead atoms. The van der Waals surface area contributed by atoms with Crippen molar-refractivity contribution >= 4 is 28.5 Å². The fourth-order valence-corrected chi connectivity index (χ4v) is 3.90. The maximum atomic E-state index is 13.4. The summed E-state index contributed by atoms with van der Waals surface area (Å²) in [6.07, 6.45) is 11.8. The average Bonchev–Trinajstić information content (AvgIpc) is 3.45. The second kappa shape index (κ2) is 8.07. The third kappa shape index (κ3) is 3.92. The summed E-state index contributed by atoms with van der Waals surface area (Å²) in [5, 5.41) is 5.35. The Morgan fingerprint density at radius 2 is 2.03 bits per heavy atom. The fourth-order valence-electron chi connectivity index (χ4n) is 3.90. The van der Waals surface area contributed by atoms with Crippen molar-refractivity contribution in [2.45, 2.75) is 6.42 Å². The molecule has 0 radical (unpaired) electrons. The summed E-state index contributed by atoms with van der Waals surface area (Å²) in [6.45, 7) is 1.20. The molecule has 0 unspecified atom stereocenters. The molecule has 6 heteroatoms. The average molecular weight is 412 g/mol. The first-order chi connectivity index (χ1) is 15.2. The molecule has 2 aromatic carbocycles. The minimum absolute atomic E-state index is 0.0243. The van der Waals surface area contributed by atoms with Crippen LogP contribution in [0.4, 0.5) is 4.39 Å². The Hall–Kier alpha value is -3.93. The van der Waals surface area contributed by atoms with E-state index in [0.29, 0.717) is 13.1 Å². The number of hydrogen-bond acceptors (Lipinski definition) is 2. The van der Waals surface area contributed by atoms with Crippen LogP contribution in [0, 0.1) is 5.82 Å². The topological polar surface area (TPSA) is 53.9 Å². The molecule has 0 spiro atoms. The lowest BCUT2D eigenvalue weighted by molar-refractivity contribution is -0.125.